The average Bonchev–Trinajstić information content (AvgIpc) is 2.89. The summed E-state index contributed by atoms with van der Waals surface area (Å²) in [5.41, 5.74) is 8.70. The summed E-state index contributed by atoms with van der Waals surface area (Å²) in [5, 5.41) is 1.10. The third-order valence-electron chi connectivity index (χ3n) is 3.33. The van der Waals surface area contributed by atoms with Crippen LogP contribution in [0.4, 0.5) is 5.69 Å². The van der Waals surface area contributed by atoms with Crippen molar-refractivity contribution >= 4 is 17.0 Å². The van der Waals surface area contributed by atoms with Crippen molar-refractivity contribution in [2.75, 3.05) is 12.3 Å². The lowest BCUT2D eigenvalue weighted by molar-refractivity contribution is 0.322. The number of nitrogens with zero attached hydrogens (tertiary/aromatic N) is 1. The summed E-state index contributed by atoms with van der Waals surface area (Å²) in [7, 11) is 0. The summed E-state index contributed by atoms with van der Waals surface area (Å²) in [5.74, 6) is 0.802. The molecule has 0 spiro atoms. The highest BCUT2D eigenvalue weighted by atomic mass is 32.1. The number of thiazole rings is 1. The Morgan fingerprint density at radius 3 is 2.68 bits per heavy atom. The van der Waals surface area contributed by atoms with Gasteiger partial charge in [-0.25, -0.2) is 4.98 Å². The zero-order valence-corrected chi connectivity index (χ0v) is 13.3. The van der Waals surface area contributed by atoms with Gasteiger partial charge in [-0.1, -0.05) is 36.4 Å². The molecule has 0 unspecified atom stereocenters. The molecule has 0 atom stereocenters. The third kappa shape index (κ3) is 3.46. The molecule has 0 fully saturated rings. The molecular weight excluding hydrogens is 292 g/mol. The number of nitrogen functional groups attached to an aromatic ring is 1. The van der Waals surface area contributed by atoms with E-state index in [1.165, 1.54) is 10.4 Å². The summed E-state index contributed by atoms with van der Waals surface area (Å²) in [6.45, 7) is 2.72. The number of aryl methyl sites for hydroxylation is 1. The number of hydrogen-bond donors (Lipinski definition) is 1. The fourth-order valence-corrected chi connectivity index (χ4v) is 3.22. The molecule has 0 saturated carbocycles. The Bertz CT molecular complexity index is 753. The molecule has 0 saturated heterocycles. The Morgan fingerprint density at radius 1 is 1.09 bits per heavy atom. The van der Waals surface area contributed by atoms with Crippen molar-refractivity contribution in [1.29, 1.82) is 0 Å². The highest BCUT2D eigenvalue weighted by molar-refractivity contribution is 7.12. The van der Waals surface area contributed by atoms with Crippen molar-refractivity contribution in [3.63, 3.8) is 0 Å². The van der Waals surface area contributed by atoms with Gasteiger partial charge in [-0.05, 0) is 19.1 Å². The minimum absolute atomic E-state index is 0.602. The van der Waals surface area contributed by atoms with Crippen molar-refractivity contribution in [1.82, 2.24) is 4.98 Å². The van der Waals surface area contributed by atoms with Crippen molar-refractivity contribution in [2.24, 2.45) is 0 Å². The van der Waals surface area contributed by atoms with Crippen LogP contribution in [0.5, 0.6) is 5.75 Å². The van der Waals surface area contributed by atoms with E-state index in [0.717, 1.165) is 22.9 Å². The van der Waals surface area contributed by atoms with E-state index >= 15 is 0 Å². The van der Waals surface area contributed by atoms with E-state index < -0.39 is 0 Å². The van der Waals surface area contributed by atoms with Crippen molar-refractivity contribution in [2.45, 2.75) is 13.3 Å². The van der Waals surface area contributed by atoms with Gasteiger partial charge < -0.3 is 10.5 Å². The number of benzene rings is 2. The molecular formula is C18H18N2OS. The molecule has 3 nitrogen and oxygen atoms in total. The van der Waals surface area contributed by atoms with Crippen molar-refractivity contribution < 1.29 is 4.74 Å². The van der Waals surface area contributed by atoms with Crippen molar-refractivity contribution in [3.8, 4) is 17.0 Å². The lowest BCUT2D eigenvalue weighted by Crippen LogP contribution is -2.01. The van der Waals surface area contributed by atoms with Gasteiger partial charge in [0.1, 0.15) is 5.75 Å². The molecule has 1 heterocycles. The topological polar surface area (TPSA) is 48.1 Å². The van der Waals surface area contributed by atoms with Gasteiger partial charge in [0.25, 0.3) is 0 Å². The van der Waals surface area contributed by atoms with Gasteiger partial charge in [0, 0.05) is 28.6 Å². The summed E-state index contributed by atoms with van der Waals surface area (Å²) < 4.78 is 5.73. The minimum Gasteiger partial charge on any atom is -0.493 e. The molecule has 1 aromatic heterocycles. The smallest absolute Gasteiger partial charge is 0.121 e. The first-order chi connectivity index (χ1) is 10.7. The van der Waals surface area contributed by atoms with E-state index in [1.54, 1.807) is 11.3 Å². The molecule has 3 rings (SSSR count). The Morgan fingerprint density at radius 2 is 1.91 bits per heavy atom. The van der Waals surface area contributed by atoms with E-state index in [2.05, 4.69) is 19.1 Å². The number of anilines is 1. The molecule has 0 bridgehead atoms. The molecule has 0 aliphatic rings. The van der Waals surface area contributed by atoms with Gasteiger partial charge in [-0.2, -0.15) is 0 Å². The molecule has 0 aliphatic carbocycles. The van der Waals surface area contributed by atoms with Gasteiger partial charge in [-0.3, -0.25) is 0 Å². The molecule has 22 heavy (non-hydrogen) atoms. The fraction of sp³-hybridized carbons (Fsp3) is 0.167. The maximum atomic E-state index is 5.74. The number of nitrogens with two attached hydrogens (primary N) is 1. The van der Waals surface area contributed by atoms with Gasteiger partial charge >= 0.3 is 0 Å². The lowest BCUT2D eigenvalue weighted by Gasteiger charge is -2.05. The molecule has 0 aliphatic heterocycles. The van der Waals surface area contributed by atoms with Crippen LogP contribution in [-0.2, 0) is 6.42 Å². The van der Waals surface area contributed by atoms with Crippen LogP contribution in [0.1, 0.15) is 9.88 Å². The van der Waals surface area contributed by atoms with Gasteiger partial charge in [0.15, 0.2) is 0 Å². The Kier molecular flexibility index (Phi) is 4.39. The number of rotatable bonds is 5. The number of aromatic nitrogens is 1. The molecule has 3 aromatic rings. The zero-order chi connectivity index (χ0) is 15.4. The number of ether oxygens (including phenoxy) is 1. The zero-order valence-electron chi connectivity index (χ0n) is 12.5. The SMILES string of the molecule is Cc1sc(CCOc2cccc(N)c2)nc1-c1ccccc1. The van der Waals surface area contributed by atoms with Crippen LogP contribution in [0.25, 0.3) is 11.3 Å². The second-order valence-electron chi connectivity index (χ2n) is 5.05. The fourth-order valence-electron chi connectivity index (χ4n) is 2.28. The third-order valence-corrected chi connectivity index (χ3v) is 4.36. The maximum absolute atomic E-state index is 5.74. The van der Waals surface area contributed by atoms with Crippen LogP contribution in [0, 0.1) is 6.92 Å². The van der Waals surface area contributed by atoms with E-state index in [0.29, 0.717) is 12.3 Å². The van der Waals surface area contributed by atoms with E-state index in [1.807, 2.05) is 42.5 Å². The number of hydrogen-bond acceptors (Lipinski definition) is 4. The van der Waals surface area contributed by atoms with Gasteiger partial charge in [0.05, 0.1) is 17.3 Å². The molecule has 112 valence electrons. The maximum Gasteiger partial charge on any atom is 0.121 e. The molecule has 0 amide bonds. The van der Waals surface area contributed by atoms with E-state index in [9.17, 15) is 0 Å². The normalized spacial score (nSPS) is 10.6. The minimum atomic E-state index is 0.602. The highest BCUT2D eigenvalue weighted by Gasteiger charge is 2.09. The predicted octanol–water partition coefficient (Wildman–Crippen LogP) is 4.32. The first-order valence-electron chi connectivity index (χ1n) is 7.22. The lowest BCUT2D eigenvalue weighted by atomic mass is 10.1. The molecule has 0 radical (unpaired) electrons. The highest BCUT2D eigenvalue weighted by Crippen LogP contribution is 2.27. The average molecular weight is 310 g/mol. The van der Waals surface area contributed by atoms with Crippen LogP contribution in [0.15, 0.2) is 54.6 Å². The van der Waals surface area contributed by atoms with E-state index in [4.69, 9.17) is 15.5 Å². The molecule has 2 aromatic carbocycles. The first-order valence-corrected chi connectivity index (χ1v) is 8.04. The van der Waals surface area contributed by atoms with Crippen LogP contribution in [0.2, 0.25) is 0 Å². The summed E-state index contributed by atoms with van der Waals surface area (Å²) in [6.07, 6.45) is 0.799. The van der Waals surface area contributed by atoms with Crippen LogP contribution in [-0.4, -0.2) is 11.6 Å². The Labute approximate surface area is 134 Å². The monoisotopic (exact) mass is 310 g/mol. The van der Waals surface area contributed by atoms with Crippen LogP contribution in [0.3, 0.4) is 0 Å². The van der Waals surface area contributed by atoms with Gasteiger partial charge in [-0.15, -0.1) is 11.3 Å². The van der Waals surface area contributed by atoms with Crippen molar-refractivity contribution in [3.05, 3.63) is 64.5 Å². The Hall–Kier alpha value is -2.33. The molecule has 2 N–H and O–H groups in total. The second kappa shape index (κ2) is 6.62. The second-order valence-corrected chi connectivity index (χ2v) is 6.34. The predicted molar refractivity (Wildman–Crippen MR) is 92.3 cm³/mol. The summed E-state index contributed by atoms with van der Waals surface area (Å²) >= 11 is 1.73. The summed E-state index contributed by atoms with van der Waals surface area (Å²) in [4.78, 5) is 5.98. The molecule has 4 heteroatoms. The Balaban J connectivity index is 1.64. The summed E-state index contributed by atoms with van der Waals surface area (Å²) in [6, 6.07) is 17.8. The standard InChI is InChI=1S/C18H18N2OS/c1-13-18(14-6-3-2-4-7-14)20-17(22-13)10-11-21-16-9-5-8-15(19)12-16/h2-9,12H,10-11,19H2,1H3. The van der Waals surface area contributed by atoms with Crippen LogP contribution >= 0.6 is 11.3 Å². The van der Waals surface area contributed by atoms with E-state index in [-0.39, 0.29) is 0 Å². The van der Waals surface area contributed by atoms with Crippen LogP contribution < -0.4 is 10.5 Å². The quantitative estimate of drug-likeness (QED) is 0.714. The van der Waals surface area contributed by atoms with Gasteiger partial charge in [0.2, 0.25) is 0 Å². The first kappa shape index (κ1) is 14.6. The largest absolute Gasteiger partial charge is 0.493 e.